The number of fused-ring (bicyclic) bond motifs is 6. The van der Waals surface area contributed by atoms with E-state index in [2.05, 4.69) is 16.7 Å². The van der Waals surface area contributed by atoms with Gasteiger partial charge in [-0.1, -0.05) is 12.1 Å². The Morgan fingerprint density at radius 1 is 1.00 bits per heavy atom. The van der Waals surface area contributed by atoms with Crippen LogP contribution in [0.1, 0.15) is 36.8 Å². The molecule has 0 aliphatic carbocycles. The zero-order valence-corrected chi connectivity index (χ0v) is 25.0. The maximum Gasteiger partial charge on any atom is 0.244 e. The Hall–Kier alpha value is -3.61. The van der Waals surface area contributed by atoms with E-state index in [4.69, 9.17) is 9.47 Å². The SMILES string of the molecule is N#Cc1ccc(CN2C[C@@H]3C[C@H]2C(=O)N2CCN(C(=O)C4CCOCC4)[C@@H](C2)C(=O)NC[C@H]2O[C@@H](CC(=O)N3)[C@H](O)[C@@H]2O)cc1. The average Bonchev–Trinajstić information content (AvgIpc) is 3.57. The minimum absolute atomic E-state index is 0.00279. The largest absolute Gasteiger partial charge is 0.388 e. The van der Waals surface area contributed by atoms with E-state index in [-0.39, 0.29) is 62.3 Å². The Bertz CT molecular complexity index is 1330. The Morgan fingerprint density at radius 2 is 1.73 bits per heavy atom. The molecule has 14 heteroatoms. The number of amides is 4. The van der Waals surface area contributed by atoms with Gasteiger partial charge in [0.2, 0.25) is 23.6 Å². The number of rotatable bonds is 3. The van der Waals surface area contributed by atoms with Gasteiger partial charge in [-0.3, -0.25) is 24.1 Å². The molecule has 1 aromatic rings. The van der Waals surface area contributed by atoms with Gasteiger partial charge >= 0.3 is 0 Å². The summed E-state index contributed by atoms with van der Waals surface area (Å²) in [5.41, 5.74) is 1.42. The summed E-state index contributed by atoms with van der Waals surface area (Å²) in [4.78, 5) is 59.7. The first-order chi connectivity index (χ1) is 21.7. The standard InChI is InChI=1S/C31H40N6O8/c32-13-18-1-3-19(4-2-18)15-36-16-21-11-22(36)31(43)35-7-8-37(30(42)20-5-9-44-10-6-20)23(17-35)29(41)33-14-25-28(40)27(39)24(45-25)12-26(38)34-21/h1-4,20-25,27-28,39-40H,5-12,14-17H2,(H,33,41)(H,34,38)/t21-,22-,23-,24-,25+,27-,28+/m0/s1. The molecule has 45 heavy (non-hydrogen) atoms. The molecule has 5 aliphatic heterocycles. The van der Waals surface area contributed by atoms with E-state index in [1.54, 1.807) is 21.9 Å². The van der Waals surface area contributed by atoms with Crippen LogP contribution in [-0.4, -0.2) is 137 Å². The van der Waals surface area contributed by atoms with Crippen LogP contribution in [0, 0.1) is 17.2 Å². The number of benzene rings is 1. The molecule has 4 amide bonds. The van der Waals surface area contributed by atoms with Gasteiger partial charge in [0.05, 0.1) is 36.7 Å². The summed E-state index contributed by atoms with van der Waals surface area (Å²) in [6, 6.07) is 7.30. The van der Waals surface area contributed by atoms with E-state index in [1.165, 1.54) is 0 Å². The molecule has 7 atom stereocenters. The second-order valence-electron chi connectivity index (χ2n) is 12.6. The number of ether oxygens (including phenoxy) is 2. The quantitative estimate of drug-likeness (QED) is 0.296. The molecule has 1 aromatic carbocycles. The summed E-state index contributed by atoms with van der Waals surface area (Å²) in [6.07, 6.45) is -3.30. The molecule has 0 unspecified atom stereocenters. The van der Waals surface area contributed by atoms with Crippen molar-refractivity contribution in [1.29, 1.82) is 5.26 Å². The molecule has 242 valence electrons. The molecule has 5 heterocycles. The van der Waals surface area contributed by atoms with Gasteiger partial charge in [0.25, 0.3) is 0 Å². The minimum atomic E-state index is -1.32. The van der Waals surface area contributed by atoms with E-state index in [1.807, 2.05) is 17.0 Å². The van der Waals surface area contributed by atoms with Gasteiger partial charge in [0.15, 0.2) is 0 Å². The second kappa shape index (κ2) is 13.4. The molecule has 5 saturated heterocycles. The Morgan fingerprint density at radius 3 is 2.47 bits per heavy atom. The number of carbonyl (C=O) groups excluding carboxylic acids is 4. The van der Waals surface area contributed by atoms with E-state index >= 15 is 0 Å². The number of aliphatic hydroxyl groups is 2. The molecule has 6 rings (SSSR count). The lowest BCUT2D eigenvalue weighted by Gasteiger charge is -2.43. The summed E-state index contributed by atoms with van der Waals surface area (Å²) < 4.78 is 11.3. The van der Waals surface area contributed by atoms with Crippen molar-refractivity contribution in [1.82, 2.24) is 25.3 Å². The molecule has 0 spiro atoms. The third kappa shape index (κ3) is 6.68. The number of piperazine rings is 1. The van der Waals surface area contributed by atoms with E-state index < -0.39 is 42.4 Å². The summed E-state index contributed by atoms with van der Waals surface area (Å²) in [7, 11) is 0. The highest BCUT2D eigenvalue weighted by Gasteiger charge is 2.47. The van der Waals surface area contributed by atoms with Gasteiger partial charge in [-0.15, -0.1) is 0 Å². The van der Waals surface area contributed by atoms with Crippen molar-refractivity contribution in [3.05, 3.63) is 35.4 Å². The smallest absolute Gasteiger partial charge is 0.244 e. The van der Waals surface area contributed by atoms with E-state index in [0.717, 1.165) is 5.56 Å². The number of hydrogen-bond donors (Lipinski definition) is 4. The van der Waals surface area contributed by atoms with Crippen molar-refractivity contribution in [3.63, 3.8) is 0 Å². The number of aliphatic hydroxyl groups excluding tert-OH is 2. The van der Waals surface area contributed by atoms with Crippen LogP contribution in [0.15, 0.2) is 24.3 Å². The zero-order chi connectivity index (χ0) is 31.7. The van der Waals surface area contributed by atoms with Crippen molar-refractivity contribution < 1.29 is 38.9 Å². The number of nitrogens with one attached hydrogen (secondary N) is 2. The molecule has 4 N–H and O–H groups in total. The second-order valence-corrected chi connectivity index (χ2v) is 12.6. The van der Waals surface area contributed by atoms with Crippen LogP contribution in [-0.2, 0) is 35.2 Å². The number of nitrogens with zero attached hydrogens (tertiary/aromatic N) is 4. The molecule has 14 nitrogen and oxygen atoms in total. The summed E-state index contributed by atoms with van der Waals surface area (Å²) in [6.45, 7) is 2.04. The molecule has 5 aliphatic rings. The fourth-order valence-corrected chi connectivity index (χ4v) is 7.17. The summed E-state index contributed by atoms with van der Waals surface area (Å²) in [5, 5.41) is 36.2. The maximum absolute atomic E-state index is 14.2. The van der Waals surface area contributed by atoms with Crippen LogP contribution in [0.3, 0.4) is 0 Å². The van der Waals surface area contributed by atoms with Crippen molar-refractivity contribution in [2.45, 2.75) is 74.8 Å². The predicted molar refractivity (Wildman–Crippen MR) is 156 cm³/mol. The number of likely N-dealkylation sites (tertiary alicyclic amines) is 1. The van der Waals surface area contributed by atoms with E-state index in [9.17, 15) is 34.7 Å². The van der Waals surface area contributed by atoms with Crippen LogP contribution in [0.5, 0.6) is 0 Å². The van der Waals surface area contributed by atoms with Gasteiger partial charge in [-0.05, 0) is 37.0 Å². The molecule has 5 fully saturated rings. The third-order valence-corrected chi connectivity index (χ3v) is 9.70. The van der Waals surface area contributed by atoms with Crippen molar-refractivity contribution in [2.24, 2.45) is 5.92 Å². The highest BCUT2D eigenvalue weighted by Crippen LogP contribution is 2.28. The van der Waals surface area contributed by atoms with Crippen LogP contribution >= 0.6 is 0 Å². The van der Waals surface area contributed by atoms with Crippen molar-refractivity contribution >= 4 is 23.6 Å². The Kier molecular flexibility index (Phi) is 9.34. The maximum atomic E-state index is 14.2. The summed E-state index contributed by atoms with van der Waals surface area (Å²) >= 11 is 0. The van der Waals surface area contributed by atoms with Gasteiger partial charge in [0, 0.05) is 57.9 Å². The molecular formula is C31H40N6O8. The lowest BCUT2D eigenvalue weighted by molar-refractivity contribution is -0.154. The fraction of sp³-hybridized carbons (Fsp3) is 0.645. The Labute approximate surface area is 261 Å². The normalized spacial score (nSPS) is 33.4. The minimum Gasteiger partial charge on any atom is -0.388 e. The monoisotopic (exact) mass is 624 g/mol. The molecule has 6 bridgehead atoms. The third-order valence-electron chi connectivity index (χ3n) is 9.70. The highest BCUT2D eigenvalue weighted by molar-refractivity contribution is 5.91. The number of nitriles is 1. The van der Waals surface area contributed by atoms with Crippen molar-refractivity contribution in [3.8, 4) is 6.07 Å². The fourth-order valence-electron chi connectivity index (χ4n) is 7.17. The Balaban J connectivity index is 1.27. The lowest BCUT2D eigenvalue weighted by atomic mass is 9.96. The van der Waals surface area contributed by atoms with Gasteiger partial charge in [-0.2, -0.15) is 5.26 Å². The molecular weight excluding hydrogens is 584 g/mol. The van der Waals surface area contributed by atoms with Gasteiger partial charge in [-0.25, -0.2) is 0 Å². The molecule has 0 radical (unpaired) electrons. The van der Waals surface area contributed by atoms with E-state index in [0.29, 0.717) is 51.1 Å². The van der Waals surface area contributed by atoms with Crippen LogP contribution in [0.2, 0.25) is 0 Å². The first kappa shape index (κ1) is 31.4. The predicted octanol–water partition coefficient (Wildman–Crippen LogP) is -1.91. The lowest BCUT2D eigenvalue weighted by Crippen LogP contribution is -2.64. The number of carbonyl (C=O) groups is 4. The van der Waals surface area contributed by atoms with Crippen LogP contribution in [0.25, 0.3) is 0 Å². The van der Waals surface area contributed by atoms with Crippen LogP contribution < -0.4 is 10.6 Å². The highest BCUT2D eigenvalue weighted by atomic mass is 16.5. The summed E-state index contributed by atoms with van der Waals surface area (Å²) in [5.74, 6) is -1.45. The van der Waals surface area contributed by atoms with Crippen molar-refractivity contribution in [2.75, 3.05) is 45.9 Å². The zero-order valence-electron chi connectivity index (χ0n) is 25.0. The molecule has 0 saturated carbocycles. The first-order valence-electron chi connectivity index (χ1n) is 15.7. The van der Waals surface area contributed by atoms with Gasteiger partial charge < -0.3 is 40.1 Å². The average molecular weight is 625 g/mol. The molecule has 0 aromatic heterocycles. The first-order valence-corrected chi connectivity index (χ1v) is 15.7. The van der Waals surface area contributed by atoms with Gasteiger partial charge in [0.1, 0.15) is 24.4 Å². The topological polar surface area (TPSA) is 185 Å². The van der Waals surface area contributed by atoms with Crippen LogP contribution in [0.4, 0.5) is 0 Å². The number of hydrogen-bond acceptors (Lipinski definition) is 10.